The average Bonchev–Trinajstić information content (AvgIpc) is 2.96. The van der Waals surface area contributed by atoms with Crippen LogP contribution in [0.15, 0.2) is 47.7 Å². The zero-order valence-electron chi connectivity index (χ0n) is 14.8. The predicted molar refractivity (Wildman–Crippen MR) is 111 cm³/mol. The number of halogens is 1. The molecule has 0 bridgehead atoms. The van der Waals surface area contributed by atoms with E-state index in [-0.39, 0.29) is 24.0 Å². The van der Waals surface area contributed by atoms with E-state index in [0.717, 1.165) is 38.6 Å². The number of aliphatic imine (C=N–C) groups is 1. The van der Waals surface area contributed by atoms with Gasteiger partial charge in [0.05, 0.1) is 6.20 Å². The first-order chi connectivity index (χ1) is 11.2. The van der Waals surface area contributed by atoms with E-state index in [2.05, 4.69) is 66.7 Å². The van der Waals surface area contributed by atoms with Crippen LogP contribution in [0.3, 0.4) is 0 Å². The molecule has 0 saturated heterocycles. The molecule has 0 atom stereocenters. The molecular formula is C18H28IN5. The summed E-state index contributed by atoms with van der Waals surface area (Å²) in [4.78, 5) is 6.89. The number of rotatable bonds is 7. The van der Waals surface area contributed by atoms with Gasteiger partial charge in [-0.25, -0.2) is 0 Å². The Morgan fingerprint density at radius 3 is 2.67 bits per heavy atom. The second-order valence-corrected chi connectivity index (χ2v) is 5.71. The fourth-order valence-corrected chi connectivity index (χ4v) is 2.41. The summed E-state index contributed by atoms with van der Waals surface area (Å²) in [6.07, 6.45) is 4.94. The second-order valence-electron chi connectivity index (χ2n) is 5.71. The standard InChI is InChI=1S/C18H27N5.HI/c1-4-19-18(22(3)15-17-9-6-5-7-10-17)20-11-8-12-23-14-16(2)13-21-23;/h5-7,9-10,13-14H,4,8,11-12,15H2,1-3H3,(H,19,20);1H. The van der Waals surface area contributed by atoms with Gasteiger partial charge in [0.2, 0.25) is 0 Å². The van der Waals surface area contributed by atoms with Crippen molar-refractivity contribution < 1.29 is 0 Å². The van der Waals surface area contributed by atoms with Crippen molar-refractivity contribution in [1.29, 1.82) is 0 Å². The Bertz CT molecular complexity index is 609. The van der Waals surface area contributed by atoms with Gasteiger partial charge < -0.3 is 10.2 Å². The highest BCUT2D eigenvalue weighted by atomic mass is 127. The van der Waals surface area contributed by atoms with Crippen LogP contribution in [0, 0.1) is 6.92 Å². The molecule has 0 radical (unpaired) electrons. The number of aromatic nitrogens is 2. The number of nitrogens with one attached hydrogen (secondary N) is 1. The second kappa shape index (κ2) is 11.1. The van der Waals surface area contributed by atoms with Crippen molar-refractivity contribution in [3.8, 4) is 0 Å². The number of guanidine groups is 1. The normalized spacial score (nSPS) is 11.0. The van der Waals surface area contributed by atoms with Gasteiger partial charge in [-0.15, -0.1) is 24.0 Å². The van der Waals surface area contributed by atoms with Crippen LogP contribution in [0.25, 0.3) is 0 Å². The van der Waals surface area contributed by atoms with Gasteiger partial charge in [-0.2, -0.15) is 5.10 Å². The van der Waals surface area contributed by atoms with Gasteiger partial charge in [0.15, 0.2) is 5.96 Å². The zero-order chi connectivity index (χ0) is 16.5. The van der Waals surface area contributed by atoms with Crippen LogP contribution in [0.5, 0.6) is 0 Å². The van der Waals surface area contributed by atoms with Gasteiger partial charge in [0.1, 0.15) is 0 Å². The number of nitrogens with zero attached hydrogens (tertiary/aromatic N) is 4. The van der Waals surface area contributed by atoms with Crippen molar-refractivity contribution in [2.45, 2.75) is 33.4 Å². The molecule has 1 N–H and O–H groups in total. The maximum Gasteiger partial charge on any atom is 0.193 e. The lowest BCUT2D eigenvalue weighted by molar-refractivity contribution is 0.475. The number of hydrogen-bond donors (Lipinski definition) is 1. The summed E-state index contributed by atoms with van der Waals surface area (Å²) in [7, 11) is 2.07. The molecule has 2 rings (SSSR count). The van der Waals surface area contributed by atoms with Crippen molar-refractivity contribution in [1.82, 2.24) is 20.0 Å². The molecule has 1 aromatic carbocycles. The van der Waals surface area contributed by atoms with Crippen molar-refractivity contribution in [2.75, 3.05) is 20.1 Å². The molecule has 0 spiro atoms. The minimum atomic E-state index is 0. The highest BCUT2D eigenvalue weighted by Crippen LogP contribution is 2.03. The van der Waals surface area contributed by atoms with Crippen molar-refractivity contribution in [2.24, 2.45) is 4.99 Å². The molecule has 5 nitrogen and oxygen atoms in total. The molecule has 0 fully saturated rings. The Kier molecular flexibility index (Phi) is 9.44. The van der Waals surface area contributed by atoms with Crippen LogP contribution >= 0.6 is 24.0 Å². The summed E-state index contributed by atoms with van der Waals surface area (Å²) >= 11 is 0. The number of aryl methyl sites for hydroxylation is 2. The average molecular weight is 441 g/mol. The van der Waals surface area contributed by atoms with Gasteiger partial charge in [-0.3, -0.25) is 9.67 Å². The lowest BCUT2D eigenvalue weighted by Crippen LogP contribution is -2.38. The molecule has 1 aromatic heterocycles. The van der Waals surface area contributed by atoms with Crippen LogP contribution in [0.4, 0.5) is 0 Å². The van der Waals surface area contributed by atoms with Gasteiger partial charge in [-0.1, -0.05) is 30.3 Å². The molecule has 0 amide bonds. The molecule has 2 aromatic rings. The molecule has 0 aliphatic heterocycles. The van der Waals surface area contributed by atoms with Gasteiger partial charge in [-0.05, 0) is 31.4 Å². The van der Waals surface area contributed by atoms with E-state index in [1.165, 1.54) is 11.1 Å². The molecule has 0 unspecified atom stereocenters. The van der Waals surface area contributed by atoms with Crippen LogP contribution < -0.4 is 5.32 Å². The third kappa shape index (κ3) is 6.90. The van der Waals surface area contributed by atoms with Gasteiger partial charge in [0, 0.05) is 39.4 Å². The minimum absolute atomic E-state index is 0. The Balaban J connectivity index is 0.00000288. The third-order valence-corrected chi connectivity index (χ3v) is 3.53. The van der Waals surface area contributed by atoms with Crippen LogP contribution in [-0.4, -0.2) is 40.8 Å². The molecule has 0 aliphatic carbocycles. The van der Waals surface area contributed by atoms with Gasteiger partial charge in [0.25, 0.3) is 0 Å². The molecule has 6 heteroatoms. The fraction of sp³-hybridized carbons (Fsp3) is 0.444. The zero-order valence-corrected chi connectivity index (χ0v) is 17.1. The molecule has 0 saturated carbocycles. The fourth-order valence-electron chi connectivity index (χ4n) is 2.41. The highest BCUT2D eigenvalue weighted by Gasteiger charge is 2.06. The van der Waals surface area contributed by atoms with E-state index in [4.69, 9.17) is 4.99 Å². The predicted octanol–water partition coefficient (Wildman–Crippen LogP) is 3.30. The molecule has 0 aliphatic rings. The highest BCUT2D eigenvalue weighted by molar-refractivity contribution is 14.0. The first kappa shape index (κ1) is 20.5. The molecule has 1 heterocycles. The topological polar surface area (TPSA) is 45.5 Å². The van der Waals surface area contributed by atoms with Crippen molar-refractivity contribution >= 4 is 29.9 Å². The maximum absolute atomic E-state index is 4.72. The Labute approximate surface area is 162 Å². The van der Waals surface area contributed by atoms with E-state index in [1.807, 2.05) is 16.9 Å². The first-order valence-corrected chi connectivity index (χ1v) is 8.21. The van der Waals surface area contributed by atoms with Crippen LogP contribution in [0.2, 0.25) is 0 Å². The SMILES string of the molecule is CCNC(=NCCCn1cc(C)cn1)N(C)Cc1ccccc1.I. The summed E-state index contributed by atoms with van der Waals surface area (Å²) < 4.78 is 1.98. The smallest absolute Gasteiger partial charge is 0.193 e. The first-order valence-electron chi connectivity index (χ1n) is 8.21. The quantitative estimate of drug-likeness (QED) is 0.311. The van der Waals surface area contributed by atoms with Crippen molar-refractivity contribution in [3.05, 3.63) is 53.9 Å². The van der Waals surface area contributed by atoms with E-state index in [0.29, 0.717) is 0 Å². The summed E-state index contributed by atoms with van der Waals surface area (Å²) in [6, 6.07) is 10.5. The summed E-state index contributed by atoms with van der Waals surface area (Å²) in [5.74, 6) is 0.952. The minimum Gasteiger partial charge on any atom is -0.357 e. The monoisotopic (exact) mass is 441 g/mol. The van der Waals surface area contributed by atoms with E-state index in [1.54, 1.807) is 0 Å². The summed E-state index contributed by atoms with van der Waals surface area (Å²) in [5, 5.41) is 7.66. The lowest BCUT2D eigenvalue weighted by Gasteiger charge is -2.22. The molecule has 24 heavy (non-hydrogen) atoms. The van der Waals surface area contributed by atoms with E-state index in [9.17, 15) is 0 Å². The third-order valence-electron chi connectivity index (χ3n) is 3.53. The molecule has 132 valence electrons. The van der Waals surface area contributed by atoms with Crippen molar-refractivity contribution in [3.63, 3.8) is 0 Å². The summed E-state index contributed by atoms with van der Waals surface area (Å²) in [5.41, 5.74) is 2.48. The van der Waals surface area contributed by atoms with E-state index < -0.39 is 0 Å². The Morgan fingerprint density at radius 1 is 1.29 bits per heavy atom. The summed E-state index contributed by atoms with van der Waals surface area (Å²) in [6.45, 7) is 7.57. The van der Waals surface area contributed by atoms with E-state index >= 15 is 0 Å². The van der Waals surface area contributed by atoms with Crippen LogP contribution in [-0.2, 0) is 13.1 Å². The number of benzene rings is 1. The van der Waals surface area contributed by atoms with Gasteiger partial charge >= 0.3 is 0 Å². The Morgan fingerprint density at radius 2 is 2.04 bits per heavy atom. The van der Waals surface area contributed by atoms with Crippen LogP contribution in [0.1, 0.15) is 24.5 Å². The molecular weight excluding hydrogens is 413 g/mol. The number of hydrogen-bond acceptors (Lipinski definition) is 2. The Hall–Kier alpha value is -1.57. The largest absolute Gasteiger partial charge is 0.357 e. The lowest BCUT2D eigenvalue weighted by atomic mass is 10.2. The maximum atomic E-state index is 4.72.